The van der Waals surface area contributed by atoms with Gasteiger partial charge < -0.3 is 0 Å². The number of hydrogen-bond donors (Lipinski definition) is 0. The predicted molar refractivity (Wildman–Crippen MR) is 91.2 cm³/mol. The van der Waals surface area contributed by atoms with Crippen molar-refractivity contribution in [2.75, 3.05) is 4.90 Å². The first-order valence-electron chi connectivity index (χ1n) is 7.57. The fraction of sp³-hybridized carbons (Fsp3) is 0.357. The molecule has 3 rings (SSSR count). The van der Waals surface area contributed by atoms with E-state index in [0.717, 1.165) is 17.8 Å². The van der Waals surface area contributed by atoms with Gasteiger partial charge in [0.25, 0.3) is 5.69 Å². The van der Waals surface area contributed by atoms with Crippen molar-refractivity contribution < 1.29 is 9.72 Å². The molecule has 3 aromatic rings. The summed E-state index contributed by atoms with van der Waals surface area (Å²) in [5.41, 5.74) is 0.924. The lowest BCUT2D eigenvalue weighted by molar-refractivity contribution is -0.384. The van der Waals surface area contributed by atoms with Crippen molar-refractivity contribution in [2.45, 2.75) is 33.4 Å². The van der Waals surface area contributed by atoms with E-state index in [2.05, 4.69) is 20.5 Å². The Labute approximate surface area is 146 Å². The third kappa shape index (κ3) is 3.45. The van der Waals surface area contributed by atoms with Crippen LogP contribution in [0.3, 0.4) is 0 Å². The summed E-state index contributed by atoms with van der Waals surface area (Å²) in [6.45, 7) is 3.58. The maximum Gasteiger partial charge on any atom is 0.271 e. The van der Waals surface area contributed by atoms with Crippen molar-refractivity contribution in [3.05, 3.63) is 33.3 Å². The van der Waals surface area contributed by atoms with E-state index in [9.17, 15) is 14.9 Å². The minimum absolute atomic E-state index is 0.0590. The van der Waals surface area contributed by atoms with Crippen molar-refractivity contribution in [1.82, 2.24) is 25.2 Å². The Kier molecular flexibility index (Phi) is 4.65. The van der Waals surface area contributed by atoms with Gasteiger partial charge >= 0.3 is 0 Å². The second-order valence-corrected chi connectivity index (χ2v) is 6.38. The van der Waals surface area contributed by atoms with E-state index in [0.29, 0.717) is 16.2 Å². The van der Waals surface area contributed by atoms with Crippen LogP contribution in [0.25, 0.3) is 11.0 Å². The summed E-state index contributed by atoms with van der Waals surface area (Å²) in [4.78, 5) is 23.8. The van der Waals surface area contributed by atoms with Crippen molar-refractivity contribution in [1.29, 1.82) is 0 Å². The van der Waals surface area contributed by atoms with E-state index in [4.69, 9.17) is 0 Å². The molecule has 1 amide bonds. The second kappa shape index (κ2) is 6.89. The van der Waals surface area contributed by atoms with Crippen LogP contribution in [0, 0.1) is 10.1 Å². The molecule has 11 heteroatoms. The zero-order valence-electron chi connectivity index (χ0n) is 13.6. The first-order chi connectivity index (χ1) is 12.0. The molecule has 0 fully saturated rings. The van der Waals surface area contributed by atoms with Gasteiger partial charge in [-0.15, -0.1) is 15.3 Å². The Balaban J connectivity index is 1.90. The Hall–Kier alpha value is -2.95. The number of non-ortho nitro benzene ring substituents is 1. The Bertz CT molecular complexity index is 936. The maximum atomic E-state index is 12.0. The molecule has 0 saturated heterocycles. The molecule has 10 nitrogen and oxygen atoms in total. The molecule has 0 aliphatic rings. The summed E-state index contributed by atoms with van der Waals surface area (Å²) in [7, 11) is 0. The fourth-order valence-electron chi connectivity index (χ4n) is 2.28. The Morgan fingerprint density at radius 3 is 2.84 bits per heavy atom. The minimum atomic E-state index is -0.489. The predicted octanol–water partition coefficient (Wildman–Crippen LogP) is 2.15. The van der Waals surface area contributed by atoms with Crippen LogP contribution in [-0.4, -0.2) is 36.0 Å². The monoisotopic (exact) mass is 361 g/mol. The van der Waals surface area contributed by atoms with Crippen LogP contribution in [0.1, 0.15) is 25.3 Å². The molecule has 25 heavy (non-hydrogen) atoms. The summed E-state index contributed by atoms with van der Waals surface area (Å²) >= 11 is 1.36. The standard InChI is InChI=1S/C14H15N7O3S/c1-3-4-13-16-17-14(25-13)19(9(2)22)8-20-12-6-5-10(21(23)24)7-11(12)15-18-20/h5-7H,3-4,8H2,1-2H3. The third-order valence-electron chi connectivity index (χ3n) is 3.51. The number of carbonyl (C=O) groups is 1. The Morgan fingerprint density at radius 2 is 2.16 bits per heavy atom. The number of carbonyl (C=O) groups excluding carboxylic acids is 1. The minimum Gasteiger partial charge on any atom is -0.275 e. The zero-order chi connectivity index (χ0) is 18.0. The number of nitro groups is 1. The van der Waals surface area contributed by atoms with Gasteiger partial charge in [0, 0.05) is 25.5 Å². The van der Waals surface area contributed by atoms with Crippen molar-refractivity contribution in [2.24, 2.45) is 0 Å². The van der Waals surface area contributed by atoms with E-state index >= 15 is 0 Å². The van der Waals surface area contributed by atoms with E-state index in [1.54, 1.807) is 6.07 Å². The van der Waals surface area contributed by atoms with Crippen molar-refractivity contribution in [3.8, 4) is 0 Å². The van der Waals surface area contributed by atoms with E-state index in [1.807, 2.05) is 6.92 Å². The third-order valence-corrected chi connectivity index (χ3v) is 4.52. The number of fused-ring (bicyclic) bond motifs is 1. The van der Waals surface area contributed by atoms with Gasteiger partial charge in [-0.3, -0.25) is 19.8 Å². The molecule has 130 valence electrons. The number of nitrogens with zero attached hydrogens (tertiary/aromatic N) is 7. The molecule has 1 aromatic carbocycles. The van der Waals surface area contributed by atoms with E-state index in [-0.39, 0.29) is 18.3 Å². The van der Waals surface area contributed by atoms with Gasteiger partial charge in [-0.25, -0.2) is 4.68 Å². The molecule has 2 heterocycles. The van der Waals surface area contributed by atoms with Crippen LogP contribution in [-0.2, 0) is 17.9 Å². The fourth-order valence-corrected chi connectivity index (χ4v) is 3.25. The van der Waals surface area contributed by atoms with Crippen LogP contribution < -0.4 is 4.90 Å². The van der Waals surface area contributed by atoms with Crippen LogP contribution in [0.5, 0.6) is 0 Å². The quantitative estimate of drug-likeness (QED) is 0.487. The van der Waals surface area contributed by atoms with Crippen molar-refractivity contribution >= 4 is 39.1 Å². The average Bonchev–Trinajstić information content (AvgIpc) is 3.19. The molecule has 0 aliphatic heterocycles. The Morgan fingerprint density at radius 1 is 1.36 bits per heavy atom. The summed E-state index contributed by atoms with van der Waals surface area (Å²) in [6, 6.07) is 4.29. The zero-order valence-corrected chi connectivity index (χ0v) is 14.4. The molecule has 0 aliphatic carbocycles. The average molecular weight is 361 g/mol. The first kappa shape index (κ1) is 16.9. The maximum absolute atomic E-state index is 12.0. The number of rotatable bonds is 6. The largest absolute Gasteiger partial charge is 0.275 e. The lowest BCUT2D eigenvalue weighted by Crippen LogP contribution is -2.31. The van der Waals surface area contributed by atoms with Gasteiger partial charge in [0.1, 0.15) is 17.2 Å². The highest BCUT2D eigenvalue weighted by Gasteiger charge is 2.19. The molecule has 0 unspecified atom stereocenters. The molecular weight excluding hydrogens is 346 g/mol. The molecule has 0 spiro atoms. The first-order valence-corrected chi connectivity index (χ1v) is 8.39. The molecular formula is C14H15N7O3S. The van der Waals surface area contributed by atoms with Gasteiger partial charge in [0.2, 0.25) is 11.0 Å². The number of aryl methyl sites for hydroxylation is 1. The van der Waals surface area contributed by atoms with Gasteiger partial charge in [-0.05, 0) is 12.5 Å². The molecule has 0 saturated carbocycles. The SMILES string of the molecule is CCCc1nnc(N(Cn2nnc3cc([N+](=O)[O-])ccc32)C(C)=O)s1. The van der Waals surface area contributed by atoms with Crippen LogP contribution in [0.2, 0.25) is 0 Å². The highest BCUT2D eigenvalue weighted by Crippen LogP contribution is 2.24. The number of anilines is 1. The second-order valence-electron chi connectivity index (χ2n) is 5.34. The molecule has 0 bridgehead atoms. The van der Waals surface area contributed by atoms with Crippen molar-refractivity contribution in [3.63, 3.8) is 0 Å². The van der Waals surface area contributed by atoms with Crippen LogP contribution in [0.15, 0.2) is 18.2 Å². The number of hydrogen-bond acceptors (Lipinski definition) is 8. The molecule has 0 radical (unpaired) electrons. The van der Waals surface area contributed by atoms with Crippen LogP contribution in [0.4, 0.5) is 10.8 Å². The number of nitro benzene ring substituents is 1. The van der Waals surface area contributed by atoms with Gasteiger partial charge in [0.15, 0.2) is 0 Å². The van der Waals surface area contributed by atoms with E-state index in [1.165, 1.54) is 40.0 Å². The highest BCUT2D eigenvalue weighted by molar-refractivity contribution is 7.15. The topological polar surface area (TPSA) is 120 Å². The molecule has 2 aromatic heterocycles. The number of amides is 1. The lowest BCUT2D eigenvalue weighted by Gasteiger charge is -2.17. The normalized spacial score (nSPS) is 11.0. The number of benzene rings is 1. The summed E-state index contributed by atoms with van der Waals surface area (Å²) in [5, 5.41) is 28.3. The summed E-state index contributed by atoms with van der Waals surface area (Å²) < 4.78 is 1.50. The highest BCUT2D eigenvalue weighted by atomic mass is 32.1. The number of aromatic nitrogens is 5. The van der Waals surface area contributed by atoms with Gasteiger partial charge in [0.05, 0.1) is 10.4 Å². The smallest absolute Gasteiger partial charge is 0.271 e. The molecule has 0 N–H and O–H groups in total. The summed E-state index contributed by atoms with van der Waals surface area (Å²) in [5.74, 6) is -0.204. The lowest BCUT2D eigenvalue weighted by atomic mass is 10.3. The summed E-state index contributed by atoms with van der Waals surface area (Å²) in [6.07, 6.45) is 1.75. The van der Waals surface area contributed by atoms with E-state index < -0.39 is 4.92 Å². The van der Waals surface area contributed by atoms with Crippen LogP contribution >= 0.6 is 11.3 Å². The molecule has 0 atom stereocenters. The van der Waals surface area contributed by atoms with Gasteiger partial charge in [-0.1, -0.05) is 23.5 Å². The van der Waals surface area contributed by atoms with Gasteiger partial charge in [-0.2, -0.15) is 0 Å².